The Kier molecular flexibility index (Phi) is 20.5. The molecule has 0 spiro atoms. The van der Waals surface area contributed by atoms with Gasteiger partial charge in [-0.15, -0.1) is 0 Å². The number of hydrogen-bond acceptors (Lipinski definition) is 12. The lowest BCUT2D eigenvalue weighted by molar-refractivity contribution is 0.130. The predicted octanol–water partition coefficient (Wildman–Crippen LogP) is 15.9. The average molecular weight is 1480 g/mol. The van der Waals surface area contributed by atoms with Gasteiger partial charge in [-0.3, -0.25) is 24.5 Å². The summed E-state index contributed by atoms with van der Waals surface area (Å²) in [6, 6.07) is 66.9. The summed E-state index contributed by atoms with van der Waals surface area (Å²) in [7, 11) is 17.4. The topological polar surface area (TPSA) is 68.5 Å². The van der Waals surface area contributed by atoms with Gasteiger partial charge < -0.3 is 61.7 Å². The van der Waals surface area contributed by atoms with Crippen LogP contribution in [-0.4, -0.2) is 160 Å². The second-order valence-corrected chi connectivity index (χ2v) is 33.8. The monoisotopic (exact) mass is 1480 g/mol. The first-order valence-electron chi connectivity index (χ1n) is 41.5. The van der Waals surface area contributed by atoms with Crippen molar-refractivity contribution in [3.63, 3.8) is 0 Å². The third-order valence-electron chi connectivity index (χ3n) is 28.1. The number of aromatic nitrogens is 6. The molecule has 2 aliphatic carbocycles. The van der Waals surface area contributed by atoms with Crippen LogP contribution in [0.3, 0.4) is 0 Å². The lowest BCUT2D eigenvalue weighted by atomic mass is 9.97. The molecule has 0 amide bonds. The molecule has 12 bridgehead atoms. The van der Waals surface area contributed by atoms with Crippen molar-refractivity contribution in [2.24, 2.45) is 42.3 Å². The van der Waals surface area contributed by atoms with Crippen LogP contribution in [0.2, 0.25) is 0 Å². The first-order chi connectivity index (χ1) is 53.4. The zero-order chi connectivity index (χ0) is 75.9. The van der Waals surface area contributed by atoms with Gasteiger partial charge in [0, 0.05) is 155 Å². The van der Waals surface area contributed by atoms with E-state index in [4.69, 9.17) is 0 Å². The first-order valence-corrected chi connectivity index (χ1v) is 41.5. The summed E-state index contributed by atoms with van der Waals surface area (Å²) in [6.07, 6.45) is 27.4. The number of aryl methyl sites for hydroxylation is 6. The Labute approximate surface area is 656 Å². The van der Waals surface area contributed by atoms with Crippen molar-refractivity contribution in [3.8, 4) is 0 Å². The summed E-state index contributed by atoms with van der Waals surface area (Å²) in [5.74, 6) is 8.02. The van der Waals surface area contributed by atoms with Gasteiger partial charge >= 0.3 is 0 Å². The number of rotatable bonds is 6. The van der Waals surface area contributed by atoms with Crippen LogP contribution in [0.25, 0.3) is 0 Å². The van der Waals surface area contributed by atoms with Crippen LogP contribution in [0.5, 0.6) is 0 Å². The number of benzene rings is 4. The summed E-state index contributed by atoms with van der Waals surface area (Å²) in [4.78, 5) is 30.9. The number of anilines is 7. The van der Waals surface area contributed by atoms with Crippen molar-refractivity contribution in [2.75, 3.05) is 81.1 Å². The molecule has 9 fully saturated rings. The smallest absolute Gasteiger partial charge is 0.110 e. The predicted molar refractivity (Wildman–Crippen MR) is 452 cm³/mol. The van der Waals surface area contributed by atoms with Crippen LogP contribution in [0.1, 0.15) is 156 Å². The van der Waals surface area contributed by atoms with Gasteiger partial charge in [-0.2, -0.15) is 0 Å². The maximum Gasteiger partial charge on any atom is 0.110 e. The maximum absolute atomic E-state index is 2.62. The van der Waals surface area contributed by atoms with E-state index in [1.165, 1.54) is 151 Å². The highest BCUT2D eigenvalue weighted by molar-refractivity contribution is 5.64. The van der Waals surface area contributed by atoms with Crippen molar-refractivity contribution >= 4 is 40.6 Å². The van der Waals surface area contributed by atoms with Gasteiger partial charge in [0.15, 0.2) is 0 Å². The third-order valence-corrected chi connectivity index (χ3v) is 28.1. The van der Waals surface area contributed by atoms with E-state index in [9.17, 15) is 0 Å². The molecular formula is C92H122N18. The Morgan fingerprint density at radius 1 is 0.273 bits per heavy atom. The van der Waals surface area contributed by atoms with Gasteiger partial charge in [0.2, 0.25) is 0 Å². The Hall–Kier alpha value is -9.04. The van der Waals surface area contributed by atoms with Gasteiger partial charge in [0.25, 0.3) is 0 Å². The van der Waals surface area contributed by atoms with Crippen LogP contribution < -0.4 is 34.3 Å². The molecule has 4 aromatic carbocycles. The molecule has 17 atom stereocenters. The minimum Gasteiger partial charge on any atom is -0.349 e. The summed E-state index contributed by atoms with van der Waals surface area (Å²) in [5, 5.41) is 0. The molecule has 0 N–H and O–H groups in total. The molecule has 8 saturated heterocycles. The van der Waals surface area contributed by atoms with Crippen LogP contribution >= 0.6 is 0 Å². The minimum absolute atomic E-state index is 0.416. The van der Waals surface area contributed by atoms with Crippen molar-refractivity contribution in [1.29, 1.82) is 0 Å². The average Bonchev–Trinajstić information content (AvgIpc) is 1.60. The largest absolute Gasteiger partial charge is 0.349 e. The van der Waals surface area contributed by atoms with Crippen LogP contribution in [0, 0.1) is 0 Å². The van der Waals surface area contributed by atoms with Gasteiger partial charge in [-0.05, 0) is 231 Å². The molecule has 0 radical (unpaired) electrons. The van der Waals surface area contributed by atoms with E-state index in [0.29, 0.717) is 67.2 Å². The molecule has 18 heterocycles. The number of nitrogens with zero attached hydrogens (tertiary/aromatic N) is 18. The Morgan fingerprint density at radius 2 is 0.691 bits per heavy atom. The van der Waals surface area contributed by atoms with Crippen LogP contribution in [0.15, 0.2) is 207 Å². The number of hydrogen-bond donors (Lipinski definition) is 0. The van der Waals surface area contributed by atoms with Crippen molar-refractivity contribution < 1.29 is 0 Å². The van der Waals surface area contributed by atoms with E-state index in [-0.39, 0.29) is 0 Å². The highest BCUT2D eigenvalue weighted by atomic mass is 15.5. The van der Waals surface area contributed by atoms with Gasteiger partial charge in [0.1, 0.15) is 41.1 Å². The van der Waals surface area contributed by atoms with Gasteiger partial charge in [-0.25, -0.2) is 0 Å². The first kappa shape index (κ1) is 73.7. The Balaban J connectivity index is 0.0000000964. The molecule has 18 nitrogen and oxygen atoms in total. The molecule has 110 heavy (non-hydrogen) atoms. The highest BCUT2D eigenvalue weighted by Gasteiger charge is 2.48. The zero-order valence-electron chi connectivity index (χ0n) is 68.1. The normalized spacial score (nSPS) is 29.6. The fourth-order valence-corrected chi connectivity index (χ4v) is 22.0. The lowest BCUT2D eigenvalue weighted by Crippen LogP contribution is -2.56. The molecule has 10 aromatic rings. The number of para-hydroxylation sites is 1. The van der Waals surface area contributed by atoms with Crippen molar-refractivity contribution in [2.45, 2.75) is 198 Å². The summed E-state index contributed by atoms with van der Waals surface area (Å²) in [5.41, 5.74) is 11.9. The quantitative estimate of drug-likeness (QED) is 0.159. The minimum atomic E-state index is 0.416. The standard InChI is InChI=1S/2C17H21N3.2C16H19N3.2C13H21N3/c1-12-19(3)15-11-16(14-8-5-4-7-13(14)15)20(12)17-9-6-10-18(17)2;1-13-19-11-9-16(15-7-4-3-6-14(15)12-19)20(13)17-8-5-10-18(17)2;1-12-18-11-14(10-13-6-3-4-7-15(13)18)19(12)16-8-5-9-17(16)2;1-12-18-10-13-6-3-4-7-14(13)15(11-18)19(12)16-8-5-9-17(16)2;1-10-15(3)11-6-7-12(9-11)16(10)13-5-4-8-14(13)2;1-11-15-9-3-5-12(7-10-15)16(11)13-6-4-8-14(13)2/h4-10,12,15-16H,11H2,1-3H3;3-8,10,13,16H,9,11-12H2,1-2H3;3-9,12,14H,10-11H2,1-2H3;3-9,12,15H,10-11H2,1-2H3;4-5,8,10-12H,6-7,9H2,1-3H3;4,6,8,11-12H,3,5,7,9-10H2,1-2H3. The fourth-order valence-electron chi connectivity index (χ4n) is 22.0. The Morgan fingerprint density at radius 3 is 1.25 bits per heavy atom. The molecular weight excluding hydrogens is 1360 g/mol. The Bertz CT molecular complexity index is 4680. The van der Waals surface area contributed by atoms with Gasteiger partial charge in [0.05, 0.1) is 55.0 Å². The molecule has 580 valence electrons. The second kappa shape index (κ2) is 30.6. The maximum atomic E-state index is 2.62. The van der Waals surface area contributed by atoms with Gasteiger partial charge in [-0.1, -0.05) is 91.0 Å². The zero-order valence-corrected chi connectivity index (χ0v) is 68.1. The fraction of sp³-hybridized carbons (Fsp3) is 0.478. The molecule has 24 rings (SSSR count). The van der Waals surface area contributed by atoms with E-state index in [1.807, 2.05) is 0 Å². The van der Waals surface area contributed by atoms with E-state index in [0.717, 1.165) is 50.7 Å². The van der Waals surface area contributed by atoms with Crippen molar-refractivity contribution in [3.05, 3.63) is 246 Å². The third kappa shape index (κ3) is 13.2. The lowest BCUT2D eigenvalue weighted by Gasteiger charge is -2.46. The summed E-state index contributed by atoms with van der Waals surface area (Å²) in [6.45, 7) is 22.2. The number of fused-ring (bicyclic) bond motifs is 21. The van der Waals surface area contributed by atoms with Crippen LogP contribution in [-0.2, 0) is 61.8 Å². The van der Waals surface area contributed by atoms with Crippen molar-refractivity contribution in [1.82, 2.24) is 51.9 Å². The molecule has 14 aliphatic rings. The molecule has 18 heteroatoms. The SMILES string of the molecule is CC1N(C)C2CC(c3ccccc32)N1c1cccn1C.CC1N(C)C2CCC(C2)N1c1cccn1C.CC1N2CC(Cc3ccccc32)N1c1cccn1C.CC1N2CCC(c3ccccc3C2)N1c1cccn1C.CC1N2CCCC(CC2)N1c1cccn1C.CC1N2Cc3ccccc3C(C2)N1c1cccn1C. The molecule has 6 aromatic heterocycles. The summed E-state index contributed by atoms with van der Waals surface area (Å²) >= 11 is 0. The highest BCUT2D eigenvalue weighted by Crippen LogP contribution is 2.52. The molecule has 17 unspecified atom stereocenters. The second-order valence-electron chi connectivity index (χ2n) is 33.8. The van der Waals surface area contributed by atoms with E-state index < -0.39 is 0 Å². The van der Waals surface area contributed by atoms with Crippen LogP contribution in [0.4, 0.5) is 40.6 Å². The van der Waals surface area contributed by atoms with E-state index >= 15 is 0 Å². The van der Waals surface area contributed by atoms with E-state index in [2.05, 4.69) is 391 Å². The summed E-state index contributed by atoms with van der Waals surface area (Å²) < 4.78 is 13.4. The molecule has 1 saturated carbocycles. The van der Waals surface area contributed by atoms with E-state index in [1.54, 1.807) is 0 Å². The molecule has 12 aliphatic heterocycles.